The highest BCUT2D eigenvalue weighted by Gasteiger charge is 2.52. The molecule has 0 radical (unpaired) electrons. The number of benzene rings is 10. The van der Waals surface area contributed by atoms with Gasteiger partial charge in [0.2, 0.25) is 0 Å². The summed E-state index contributed by atoms with van der Waals surface area (Å²) in [5.74, 6) is 1.74. The van der Waals surface area contributed by atoms with Gasteiger partial charge in [0.1, 0.15) is 11.5 Å². The van der Waals surface area contributed by atoms with Crippen molar-refractivity contribution in [2.24, 2.45) is 0 Å². The molecule has 0 amide bonds. The number of nitrogens with zero attached hydrogens (tertiary/aromatic N) is 1. The lowest BCUT2D eigenvalue weighted by molar-refractivity contribution is 0.436. The molecule has 0 N–H and O–H groups in total. The van der Waals surface area contributed by atoms with Crippen LogP contribution in [0.15, 0.2) is 237 Å². The van der Waals surface area contributed by atoms with E-state index in [0.29, 0.717) is 0 Å². The van der Waals surface area contributed by atoms with Gasteiger partial charge in [-0.25, -0.2) is 0 Å². The molecular weight excluding hydrogens is 799 g/mol. The molecular formula is C64H45NO. The molecule has 0 saturated carbocycles. The van der Waals surface area contributed by atoms with Crippen molar-refractivity contribution >= 4 is 17.1 Å². The maximum atomic E-state index is 7.04. The van der Waals surface area contributed by atoms with Crippen molar-refractivity contribution < 1.29 is 4.74 Å². The maximum Gasteiger partial charge on any atom is 0.132 e. The van der Waals surface area contributed by atoms with Crippen LogP contribution in [0.3, 0.4) is 0 Å². The summed E-state index contributed by atoms with van der Waals surface area (Å²) in [5, 5.41) is 0. The summed E-state index contributed by atoms with van der Waals surface area (Å²) in [6.45, 7) is 4.74. The second-order valence-corrected chi connectivity index (χ2v) is 18.4. The van der Waals surface area contributed by atoms with Gasteiger partial charge in [0.25, 0.3) is 0 Å². The first-order chi connectivity index (χ1) is 32.5. The number of hydrogen-bond donors (Lipinski definition) is 0. The van der Waals surface area contributed by atoms with Gasteiger partial charge >= 0.3 is 0 Å². The summed E-state index contributed by atoms with van der Waals surface area (Å²) in [5.41, 5.74) is 22.0. The number of fused-ring (bicyclic) bond motifs is 12. The third-order valence-electron chi connectivity index (χ3n) is 14.5. The van der Waals surface area contributed by atoms with Gasteiger partial charge in [-0.15, -0.1) is 0 Å². The Hall–Kier alpha value is -8.20. The predicted molar refractivity (Wildman–Crippen MR) is 272 cm³/mol. The molecule has 10 aromatic rings. The summed E-state index contributed by atoms with van der Waals surface area (Å²) >= 11 is 0. The van der Waals surface area contributed by atoms with Crippen LogP contribution >= 0.6 is 0 Å². The number of para-hydroxylation sites is 1. The molecule has 2 nitrogen and oxygen atoms in total. The first-order valence-electron chi connectivity index (χ1n) is 23.0. The Kier molecular flexibility index (Phi) is 8.51. The molecule has 10 aromatic carbocycles. The zero-order valence-electron chi connectivity index (χ0n) is 36.9. The Morgan fingerprint density at radius 2 is 0.742 bits per heavy atom. The van der Waals surface area contributed by atoms with Crippen molar-refractivity contribution in [3.8, 4) is 67.1 Å². The van der Waals surface area contributed by atoms with Crippen molar-refractivity contribution in [2.75, 3.05) is 4.90 Å². The molecule has 0 atom stereocenters. The Morgan fingerprint density at radius 3 is 1.33 bits per heavy atom. The SMILES string of the molecule is CC1(C)c2ccccc2-c2ccc(N(c3ccc4c(c3)C3(c5cc(-c6ccccc6)ccc5Oc5ccc(-c6ccccc6)cc53)c3ccccc3-4)c3ccccc3-c3ccccc3)cc21. The van der Waals surface area contributed by atoms with E-state index in [9.17, 15) is 0 Å². The van der Waals surface area contributed by atoms with E-state index in [1.165, 1.54) is 66.8 Å². The molecule has 312 valence electrons. The molecule has 1 aliphatic heterocycles. The van der Waals surface area contributed by atoms with Crippen LogP contribution in [0.5, 0.6) is 11.5 Å². The highest BCUT2D eigenvalue weighted by Crippen LogP contribution is 2.64. The van der Waals surface area contributed by atoms with Gasteiger partial charge in [-0.05, 0) is 127 Å². The van der Waals surface area contributed by atoms with Crippen LogP contribution in [0.25, 0.3) is 55.6 Å². The lowest BCUT2D eigenvalue weighted by Crippen LogP contribution is -2.32. The third-order valence-corrected chi connectivity index (χ3v) is 14.5. The van der Waals surface area contributed by atoms with Crippen LogP contribution in [-0.2, 0) is 10.8 Å². The van der Waals surface area contributed by atoms with E-state index < -0.39 is 5.41 Å². The minimum Gasteiger partial charge on any atom is -0.457 e. The second kappa shape index (κ2) is 14.7. The molecule has 0 fully saturated rings. The van der Waals surface area contributed by atoms with Crippen LogP contribution in [0.1, 0.15) is 47.2 Å². The summed E-state index contributed by atoms with van der Waals surface area (Å²) in [7, 11) is 0. The minimum atomic E-state index is -0.716. The van der Waals surface area contributed by atoms with Gasteiger partial charge in [0.05, 0.1) is 11.1 Å². The van der Waals surface area contributed by atoms with Crippen molar-refractivity contribution in [3.63, 3.8) is 0 Å². The summed E-state index contributed by atoms with van der Waals surface area (Å²) in [4.78, 5) is 2.50. The molecule has 0 unspecified atom stereocenters. The normalized spacial score (nSPS) is 14.0. The van der Waals surface area contributed by atoms with Gasteiger partial charge in [0, 0.05) is 33.5 Å². The second-order valence-electron chi connectivity index (χ2n) is 18.4. The first kappa shape index (κ1) is 38.3. The molecule has 1 spiro atoms. The quantitative estimate of drug-likeness (QED) is 0.165. The zero-order chi connectivity index (χ0) is 44.0. The average molecular weight is 844 g/mol. The molecule has 13 rings (SSSR count). The van der Waals surface area contributed by atoms with E-state index in [1.807, 2.05) is 0 Å². The molecule has 0 saturated heterocycles. The summed E-state index contributed by atoms with van der Waals surface area (Å²) in [6, 6.07) is 87.0. The monoisotopic (exact) mass is 843 g/mol. The Labute approximate surface area is 386 Å². The van der Waals surface area contributed by atoms with E-state index in [2.05, 4.69) is 255 Å². The van der Waals surface area contributed by atoms with Crippen molar-refractivity contribution in [2.45, 2.75) is 24.7 Å². The standard InChI is InChI=1S/C64H45NO/c1-63(2)54-27-15-12-25-50(54)52-34-32-47(40-56(52)63)65(60-29-17-14-24-49(60)44-22-10-5-11-23-44)48-33-35-53-51-26-13-16-28-55(51)64(57(53)41-48)58-38-45(42-18-6-3-7-19-42)30-36-61(58)66-62-37-31-46(39-59(62)64)43-20-8-4-9-21-43/h3-41H,1-2H3. The molecule has 2 aliphatic carbocycles. The highest BCUT2D eigenvalue weighted by atomic mass is 16.5. The molecule has 3 aliphatic rings. The van der Waals surface area contributed by atoms with Crippen LogP contribution in [0.4, 0.5) is 17.1 Å². The van der Waals surface area contributed by atoms with Gasteiger partial charge < -0.3 is 9.64 Å². The largest absolute Gasteiger partial charge is 0.457 e. The summed E-state index contributed by atoms with van der Waals surface area (Å²) in [6.07, 6.45) is 0. The molecule has 1 heterocycles. The van der Waals surface area contributed by atoms with Crippen molar-refractivity contribution in [1.29, 1.82) is 0 Å². The molecule has 0 aromatic heterocycles. The van der Waals surface area contributed by atoms with Gasteiger partial charge in [0.15, 0.2) is 0 Å². The Bertz CT molecular complexity index is 3440. The highest BCUT2D eigenvalue weighted by molar-refractivity contribution is 5.95. The third kappa shape index (κ3) is 5.61. The molecule has 2 heteroatoms. The van der Waals surface area contributed by atoms with Crippen LogP contribution in [0.2, 0.25) is 0 Å². The van der Waals surface area contributed by atoms with E-state index in [0.717, 1.165) is 50.8 Å². The van der Waals surface area contributed by atoms with Crippen molar-refractivity contribution in [1.82, 2.24) is 0 Å². The topological polar surface area (TPSA) is 12.5 Å². The summed E-state index contributed by atoms with van der Waals surface area (Å²) < 4.78 is 7.04. The Morgan fingerprint density at radius 1 is 0.303 bits per heavy atom. The Balaban J connectivity index is 1.11. The van der Waals surface area contributed by atoms with E-state index in [-0.39, 0.29) is 5.41 Å². The number of rotatable bonds is 6. The lowest BCUT2D eigenvalue weighted by atomic mass is 9.65. The van der Waals surface area contributed by atoms with Gasteiger partial charge in [-0.3, -0.25) is 0 Å². The van der Waals surface area contributed by atoms with E-state index in [1.54, 1.807) is 0 Å². The number of ether oxygens (including phenoxy) is 1. The number of hydrogen-bond acceptors (Lipinski definition) is 2. The predicted octanol–water partition coefficient (Wildman–Crippen LogP) is 16.9. The lowest BCUT2D eigenvalue weighted by Gasteiger charge is -2.40. The minimum absolute atomic E-state index is 0.168. The first-order valence-corrected chi connectivity index (χ1v) is 23.0. The smallest absolute Gasteiger partial charge is 0.132 e. The van der Waals surface area contributed by atoms with Gasteiger partial charge in [-0.1, -0.05) is 196 Å². The van der Waals surface area contributed by atoms with E-state index >= 15 is 0 Å². The van der Waals surface area contributed by atoms with E-state index in [4.69, 9.17) is 4.74 Å². The molecule has 66 heavy (non-hydrogen) atoms. The van der Waals surface area contributed by atoms with Crippen LogP contribution in [-0.4, -0.2) is 0 Å². The fourth-order valence-electron chi connectivity index (χ4n) is 11.5. The maximum absolute atomic E-state index is 7.04. The van der Waals surface area contributed by atoms with Gasteiger partial charge in [-0.2, -0.15) is 0 Å². The fourth-order valence-corrected chi connectivity index (χ4v) is 11.5. The fraction of sp³-hybridized carbons (Fsp3) is 0.0625. The zero-order valence-corrected chi connectivity index (χ0v) is 36.9. The van der Waals surface area contributed by atoms with Crippen LogP contribution in [0, 0.1) is 0 Å². The average Bonchev–Trinajstić information content (AvgIpc) is 3.79. The van der Waals surface area contributed by atoms with Crippen LogP contribution < -0.4 is 9.64 Å². The molecule has 0 bridgehead atoms. The number of anilines is 3. The van der Waals surface area contributed by atoms with Crippen molar-refractivity contribution in [3.05, 3.63) is 270 Å².